The fraction of sp³-hybridized carbons (Fsp3) is 0.259. The van der Waals surface area contributed by atoms with E-state index in [-0.39, 0.29) is 39.4 Å². The van der Waals surface area contributed by atoms with Gasteiger partial charge in [0.1, 0.15) is 5.75 Å². The van der Waals surface area contributed by atoms with E-state index in [2.05, 4.69) is 20.7 Å². The van der Waals surface area contributed by atoms with Crippen molar-refractivity contribution in [2.45, 2.75) is 17.7 Å². The minimum absolute atomic E-state index is 0.0573. The van der Waals surface area contributed by atoms with Crippen LogP contribution in [-0.4, -0.2) is 46.4 Å². The van der Waals surface area contributed by atoms with Gasteiger partial charge in [0.05, 0.1) is 22.2 Å². The highest BCUT2D eigenvalue weighted by molar-refractivity contribution is 7.92. The number of carbonyl (C=O) groups is 2. The molecule has 0 radical (unpaired) electrons. The summed E-state index contributed by atoms with van der Waals surface area (Å²) in [5, 5.41) is 9.39. The molecule has 1 fully saturated rings. The Bertz CT molecular complexity index is 1430. The molecule has 0 aliphatic carbocycles. The lowest BCUT2D eigenvalue weighted by Gasteiger charge is -2.22. The number of hydrogen-bond acceptors (Lipinski definition) is 6. The molecule has 0 saturated carbocycles. The van der Waals surface area contributed by atoms with Crippen LogP contribution in [0.4, 0.5) is 5.69 Å². The highest BCUT2D eigenvalue weighted by Gasteiger charge is 2.19. The molecule has 0 atom stereocenters. The first kappa shape index (κ1) is 28.7. The maximum atomic E-state index is 13.0. The molecule has 39 heavy (non-hydrogen) atoms. The van der Waals surface area contributed by atoms with Crippen molar-refractivity contribution in [1.82, 2.24) is 16.0 Å². The van der Waals surface area contributed by atoms with E-state index in [9.17, 15) is 18.0 Å². The van der Waals surface area contributed by atoms with Crippen LogP contribution in [0.25, 0.3) is 0 Å². The molecule has 206 valence electrons. The molecule has 0 spiro atoms. The number of piperidine rings is 1. The third kappa shape index (κ3) is 8.09. The molecule has 9 nitrogen and oxygen atoms in total. The highest BCUT2D eigenvalue weighted by atomic mass is 35.5. The van der Waals surface area contributed by atoms with Crippen LogP contribution in [0.1, 0.15) is 23.2 Å². The van der Waals surface area contributed by atoms with Crippen molar-refractivity contribution < 1.29 is 22.7 Å². The molecular weight excluding hydrogens is 563 g/mol. The second-order valence-electron chi connectivity index (χ2n) is 8.98. The average molecular weight is 592 g/mol. The van der Waals surface area contributed by atoms with Crippen molar-refractivity contribution in [1.29, 1.82) is 0 Å². The zero-order valence-electron chi connectivity index (χ0n) is 20.9. The number of anilines is 1. The van der Waals surface area contributed by atoms with Crippen LogP contribution in [0, 0.1) is 5.92 Å². The molecule has 12 heteroatoms. The summed E-state index contributed by atoms with van der Waals surface area (Å²) in [6.07, 6.45) is 2.01. The standard InChI is InChI=1S/C27H28Cl2N4O5S/c28-20-7-10-24(22(29)15-20)38-25-4-2-1-3-23(25)33-39(36,37)21-8-5-19(6-9-21)27(35)32-17-26(34)31-16-18-11-13-30-14-12-18/h1-10,15,18,30,33H,11-14,16-17H2,(H,31,34)(H,32,35). The molecule has 0 bridgehead atoms. The molecule has 1 heterocycles. The Morgan fingerprint density at radius 1 is 0.923 bits per heavy atom. The quantitative estimate of drug-likeness (QED) is 0.277. The zero-order chi connectivity index (χ0) is 27.8. The molecule has 1 aliphatic heterocycles. The summed E-state index contributed by atoms with van der Waals surface area (Å²) in [6, 6.07) is 16.6. The maximum Gasteiger partial charge on any atom is 0.262 e. The van der Waals surface area contributed by atoms with Crippen molar-refractivity contribution in [2.75, 3.05) is 30.9 Å². The molecule has 1 aliphatic rings. The summed E-state index contributed by atoms with van der Waals surface area (Å²) >= 11 is 12.1. The minimum atomic E-state index is -4.02. The van der Waals surface area contributed by atoms with Gasteiger partial charge in [0.2, 0.25) is 5.91 Å². The minimum Gasteiger partial charge on any atom is -0.454 e. The Balaban J connectivity index is 1.35. The molecule has 0 aromatic heterocycles. The number of sulfonamides is 1. The monoisotopic (exact) mass is 590 g/mol. The van der Waals surface area contributed by atoms with Gasteiger partial charge >= 0.3 is 0 Å². The van der Waals surface area contributed by atoms with Gasteiger partial charge in [0.15, 0.2) is 5.75 Å². The molecule has 4 N–H and O–H groups in total. The van der Waals surface area contributed by atoms with Gasteiger partial charge in [-0.1, -0.05) is 35.3 Å². The number of para-hydroxylation sites is 2. The summed E-state index contributed by atoms with van der Waals surface area (Å²) in [5.74, 6) is 0.221. The first-order valence-corrected chi connectivity index (χ1v) is 14.6. The largest absolute Gasteiger partial charge is 0.454 e. The fourth-order valence-electron chi connectivity index (χ4n) is 3.97. The van der Waals surface area contributed by atoms with Crippen LogP contribution in [-0.2, 0) is 14.8 Å². The number of amides is 2. The smallest absolute Gasteiger partial charge is 0.262 e. The van der Waals surface area contributed by atoms with Gasteiger partial charge in [-0.2, -0.15) is 0 Å². The Kier molecular flexibility index (Phi) is 9.68. The van der Waals surface area contributed by atoms with Crippen molar-refractivity contribution >= 4 is 50.7 Å². The molecular formula is C27H28Cl2N4O5S. The Morgan fingerprint density at radius 3 is 2.36 bits per heavy atom. The maximum absolute atomic E-state index is 13.0. The van der Waals surface area contributed by atoms with Crippen molar-refractivity contribution in [3.05, 3.63) is 82.3 Å². The van der Waals surface area contributed by atoms with Gasteiger partial charge in [-0.15, -0.1) is 0 Å². The van der Waals surface area contributed by atoms with Crippen LogP contribution in [0.5, 0.6) is 11.5 Å². The molecule has 1 saturated heterocycles. The lowest BCUT2D eigenvalue weighted by Crippen LogP contribution is -2.40. The first-order chi connectivity index (χ1) is 18.7. The third-order valence-electron chi connectivity index (χ3n) is 6.13. The molecule has 0 unspecified atom stereocenters. The number of benzene rings is 3. The van der Waals surface area contributed by atoms with Crippen molar-refractivity contribution in [2.24, 2.45) is 5.92 Å². The second kappa shape index (κ2) is 13.2. The van der Waals surface area contributed by atoms with Crippen molar-refractivity contribution in [3.8, 4) is 11.5 Å². The van der Waals surface area contributed by atoms with Crippen LogP contribution < -0.4 is 25.4 Å². The molecule has 4 rings (SSSR count). The molecule has 2 amide bonds. The fourth-order valence-corrected chi connectivity index (χ4v) is 5.49. The van der Waals surface area contributed by atoms with Crippen LogP contribution in [0.3, 0.4) is 0 Å². The second-order valence-corrected chi connectivity index (χ2v) is 11.5. The molecule has 3 aromatic carbocycles. The van der Waals surface area contributed by atoms with E-state index in [1.54, 1.807) is 36.4 Å². The van der Waals surface area contributed by atoms with Crippen LogP contribution in [0.2, 0.25) is 10.0 Å². The third-order valence-corrected chi connectivity index (χ3v) is 8.04. The lowest BCUT2D eigenvalue weighted by atomic mass is 9.98. The lowest BCUT2D eigenvalue weighted by molar-refractivity contribution is -0.120. The Labute approximate surface area is 237 Å². The summed E-state index contributed by atoms with van der Waals surface area (Å²) in [4.78, 5) is 24.5. The summed E-state index contributed by atoms with van der Waals surface area (Å²) in [5.41, 5.74) is 0.419. The topological polar surface area (TPSA) is 126 Å². The summed E-state index contributed by atoms with van der Waals surface area (Å²) in [6.45, 7) is 2.30. The number of ether oxygens (including phenoxy) is 1. The van der Waals surface area contributed by atoms with E-state index >= 15 is 0 Å². The van der Waals surface area contributed by atoms with E-state index < -0.39 is 15.9 Å². The van der Waals surface area contributed by atoms with E-state index in [1.807, 2.05) is 0 Å². The number of halogens is 2. The van der Waals surface area contributed by atoms with Gasteiger partial charge in [0, 0.05) is 17.1 Å². The highest BCUT2D eigenvalue weighted by Crippen LogP contribution is 2.35. The Hall–Kier alpha value is -3.31. The Morgan fingerprint density at radius 2 is 1.64 bits per heavy atom. The number of hydrogen-bond donors (Lipinski definition) is 4. The van der Waals surface area contributed by atoms with E-state index in [4.69, 9.17) is 27.9 Å². The van der Waals surface area contributed by atoms with Gasteiger partial charge in [0.25, 0.3) is 15.9 Å². The van der Waals surface area contributed by atoms with Gasteiger partial charge < -0.3 is 20.7 Å². The SMILES string of the molecule is O=C(CNC(=O)c1ccc(S(=O)(=O)Nc2ccccc2Oc2ccc(Cl)cc2Cl)cc1)NCC1CCNCC1. The van der Waals surface area contributed by atoms with E-state index in [1.165, 1.54) is 30.3 Å². The number of rotatable bonds is 10. The molecule has 3 aromatic rings. The van der Waals surface area contributed by atoms with Gasteiger partial charge in [-0.3, -0.25) is 14.3 Å². The van der Waals surface area contributed by atoms with Gasteiger partial charge in [-0.05, 0) is 86.4 Å². The zero-order valence-corrected chi connectivity index (χ0v) is 23.2. The van der Waals surface area contributed by atoms with Crippen LogP contribution >= 0.6 is 23.2 Å². The van der Waals surface area contributed by atoms with E-state index in [0.29, 0.717) is 23.2 Å². The van der Waals surface area contributed by atoms with Crippen molar-refractivity contribution in [3.63, 3.8) is 0 Å². The van der Waals surface area contributed by atoms with Gasteiger partial charge in [-0.25, -0.2) is 8.42 Å². The number of carbonyl (C=O) groups excluding carboxylic acids is 2. The van der Waals surface area contributed by atoms with E-state index in [0.717, 1.165) is 25.9 Å². The summed E-state index contributed by atoms with van der Waals surface area (Å²) in [7, 11) is -4.02. The number of nitrogens with one attached hydrogen (secondary N) is 4. The predicted molar refractivity (Wildman–Crippen MR) is 151 cm³/mol. The predicted octanol–water partition coefficient (Wildman–Crippen LogP) is 4.43. The normalized spacial score (nSPS) is 13.9. The summed E-state index contributed by atoms with van der Waals surface area (Å²) < 4.78 is 34.4. The first-order valence-electron chi connectivity index (χ1n) is 12.3. The van der Waals surface area contributed by atoms with Crippen LogP contribution in [0.15, 0.2) is 71.6 Å². The average Bonchev–Trinajstić information content (AvgIpc) is 2.93.